The molecule has 3 N–H and O–H groups in total. The molecule has 0 spiro atoms. The quantitative estimate of drug-likeness (QED) is 0.353. The molecule has 1 saturated heterocycles. The molecule has 0 aromatic carbocycles. The second-order valence-electron chi connectivity index (χ2n) is 3.18. The number of nitrogens with one attached hydrogen (secondary N) is 1. The van der Waals surface area contributed by atoms with Crippen LogP contribution in [0.25, 0.3) is 0 Å². The van der Waals surface area contributed by atoms with Crippen LogP contribution < -0.4 is 11.3 Å². The molecule has 0 aliphatic carbocycles. The predicted octanol–water partition coefficient (Wildman–Crippen LogP) is -0.149. The highest BCUT2D eigenvalue weighted by Crippen LogP contribution is 2.13. The van der Waals surface area contributed by atoms with Crippen molar-refractivity contribution in [3.05, 3.63) is 0 Å². The Morgan fingerprint density at radius 1 is 1.58 bits per heavy atom. The molecular formula is C8H17N3O. The van der Waals surface area contributed by atoms with E-state index in [1.165, 1.54) is 12.8 Å². The van der Waals surface area contributed by atoms with E-state index in [9.17, 15) is 4.79 Å². The first-order valence-electron chi connectivity index (χ1n) is 4.54. The number of hydrazine groups is 1. The molecule has 4 nitrogen and oxygen atoms in total. The molecule has 0 unspecified atom stereocenters. The van der Waals surface area contributed by atoms with Gasteiger partial charge in [-0.05, 0) is 32.4 Å². The number of likely N-dealkylation sites (tertiary alicyclic amines) is 1. The van der Waals surface area contributed by atoms with Crippen molar-refractivity contribution in [3.63, 3.8) is 0 Å². The molecule has 1 fully saturated rings. The molecule has 1 heterocycles. The minimum atomic E-state index is -0.0561. The van der Waals surface area contributed by atoms with Crippen LogP contribution in [0.2, 0.25) is 0 Å². The van der Waals surface area contributed by atoms with Crippen molar-refractivity contribution in [3.8, 4) is 0 Å². The third-order valence-electron chi connectivity index (χ3n) is 2.41. The van der Waals surface area contributed by atoms with Crippen molar-refractivity contribution >= 4 is 5.91 Å². The molecule has 4 heteroatoms. The molecule has 0 aromatic heterocycles. The van der Waals surface area contributed by atoms with Crippen LogP contribution in [0.3, 0.4) is 0 Å². The Labute approximate surface area is 73.1 Å². The average molecular weight is 171 g/mol. The largest absolute Gasteiger partial charge is 0.293 e. The number of nitrogens with zero attached hydrogens (tertiary/aromatic N) is 1. The second kappa shape index (κ2) is 4.42. The van der Waals surface area contributed by atoms with Crippen molar-refractivity contribution in [2.24, 2.45) is 5.84 Å². The molecule has 0 saturated carbocycles. The lowest BCUT2D eigenvalue weighted by molar-refractivity contribution is -0.126. The van der Waals surface area contributed by atoms with Gasteiger partial charge in [0.15, 0.2) is 0 Å². The Hall–Kier alpha value is -0.610. The summed E-state index contributed by atoms with van der Waals surface area (Å²) in [6, 6.07) is -0.0162. The van der Waals surface area contributed by atoms with Crippen molar-refractivity contribution in [2.75, 3.05) is 13.1 Å². The first-order chi connectivity index (χ1) is 5.79. The summed E-state index contributed by atoms with van der Waals surface area (Å²) in [7, 11) is 0. The van der Waals surface area contributed by atoms with Gasteiger partial charge in [0.25, 0.3) is 5.91 Å². The fourth-order valence-electron chi connectivity index (χ4n) is 1.76. The van der Waals surface area contributed by atoms with Crippen LogP contribution in [0.4, 0.5) is 0 Å². The van der Waals surface area contributed by atoms with Crippen LogP contribution in [-0.2, 0) is 4.79 Å². The van der Waals surface area contributed by atoms with Crippen molar-refractivity contribution < 1.29 is 4.79 Å². The monoisotopic (exact) mass is 171 g/mol. The van der Waals surface area contributed by atoms with Crippen LogP contribution in [0.1, 0.15) is 26.2 Å². The van der Waals surface area contributed by atoms with Gasteiger partial charge in [-0.3, -0.25) is 15.1 Å². The zero-order valence-electron chi connectivity index (χ0n) is 7.55. The normalized spacial score (nSPS) is 20.8. The van der Waals surface area contributed by atoms with E-state index in [4.69, 9.17) is 5.84 Å². The Kier molecular flexibility index (Phi) is 3.49. The minimum absolute atomic E-state index is 0.0162. The molecule has 1 aliphatic heterocycles. The summed E-state index contributed by atoms with van der Waals surface area (Å²) in [5.74, 6) is 5.03. The Balaban J connectivity index is 2.48. The van der Waals surface area contributed by atoms with E-state index in [0.29, 0.717) is 0 Å². The molecule has 1 amide bonds. The topological polar surface area (TPSA) is 58.4 Å². The van der Waals surface area contributed by atoms with Crippen LogP contribution in [-0.4, -0.2) is 29.9 Å². The lowest BCUT2D eigenvalue weighted by atomic mass is 10.2. The second-order valence-corrected chi connectivity index (χ2v) is 3.18. The zero-order chi connectivity index (χ0) is 8.97. The van der Waals surface area contributed by atoms with Crippen molar-refractivity contribution in [1.29, 1.82) is 0 Å². The summed E-state index contributed by atoms with van der Waals surface area (Å²) in [4.78, 5) is 13.4. The van der Waals surface area contributed by atoms with Gasteiger partial charge in [0, 0.05) is 0 Å². The lowest BCUT2D eigenvalue weighted by Crippen LogP contribution is -2.47. The van der Waals surface area contributed by atoms with Gasteiger partial charge in [-0.15, -0.1) is 0 Å². The van der Waals surface area contributed by atoms with Gasteiger partial charge in [0.1, 0.15) is 0 Å². The van der Waals surface area contributed by atoms with E-state index in [1.54, 1.807) is 0 Å². The van der Waals surface area contributed by atoms with E-state index in [-0.39, 0.29) is 11.9 Å². The fraction of sp³-hybridized carbons (Fsp3) is 0.875. The summed E-state index contributed by atoms with van der Waals surface area (Å²) < 4.78 is 0. The first-order valence-corrected chi connectivity index (χ1v) is 4.54. The maximum atomic E-state index is 11.3. The van der Waals surface area contributed by atoms with Gasteiger partial charge in [-0.1, -0.05) is 6.92 Å². The molecule has 70 valence electrons. The van der Waals surface area contributed by atoms with Crippen LogP contribution in [0.5, 0.6) is 0 Å². The molecular weight excluding hydrogens is 154 g/mol. The average Bonchev–Trinajstić information content (AvgIpc) is 2.58. The molecule has 0 bridgehead atoms. The highest BCUT2D eigenvalue weighted by Gasteiger charge is 2.25. The highest BCUT2D eigenvalue weighted by atomic mass is 16.2. The number of hydrogen-bond acceptors (Lipinski definition) is 3. The van der Waals surface area contributed by atoms with E-state index in [0.717, 1.165) is 19.5 Å². The van der Waals surface area contributed by atoms with Gasteiger partial charge >= 0.3 is 0 Å². The number of carbonyl (C=O) groups excluding carboxylic acids is 1. The van der Waals surface area contributed by atoms with E-state index < -0.39 is 0 Å². The van der Waals surface area contributed by atoms with Crippen molar-refractivity contribution in [1.82, 2.24) is 10.3 Å². The minimum Gasteiger partial charge on any atom is -0.293 e. The third-order valence-corrected chi connectivity index (χ3v) is 2.41. The maximum absolute atomic E-state index is 11.3. The van der Waals surface area contributed by atoms with E-state index >= 15 is 0 Å². The van der Waals surface area contributed by atoms with Gasteiger partial charge < -0.3 is 0 Å². The molecule has 1 atom stereocenters. The Morgan fingerprint density at radius 2 is 2.17 bits per heavy atom. The van der Waals surface area contributed by atoms with Crippen LogP contribution in [0.15, 0.2) is 0 Å². The lowest BCUT2D eigenvalue weighted by Gasteiger charge is -2.24. The molecule has 0 aromatic rings. The number of amides is 1. The summed E-state index contributed by atoms with van der Waals surface area (Å²) in [5.41, 5.74) is 2.21. The Bertz CT molecular complexity index is 154. The van der Waals surface area contributed by atoms with Gasteiger partial charge in [-0.2, -0.15) is 0 Å². The Morgan fingerprint density at radius 3 is 2.58 bits per heavy atom. The molecule has 1 aliphatic rings. The number of rotatable bonds is 3. The standard InChI is InChI=1S/C8H17N3O/c1-2-7(8(12)10-9)11-5-3-4-6-11/h7H,2-6,9H2,1H3,(H,10,12)/t7-/m1/s1. The molecule has 12 heavy (non-hydrogen) atoms. The maximum Gasteiger partial charge on any atom is 0.251 e. The summed E-state index contributed by atoms with van der Waals surface area (Å²) in [5, 5.41) is 0. The number of nitrogens with two attached hydrogens (primary N) is 1. The summed E-state index contributed by atoms with van der Waals surface area (Å²) in [6.45, 7) is 4.08. The fourth-order valence-corrected chi connectivity index (χ4v) is 1.76. The number of hydrogen-bond donors (Lipinski definition) is 2. The third kappa shape index (κ3) is 1.95. The molecule has 1 rings (SSSR count). The predicted molar refractivity (Wildman–Crippen MR) is 47.2 cm³/mol. The summed E-state index contributed by atoms with van der Waals surface area (Å²) >= 11 is 0. The van der Waals surface area contributed by atoms with Gasteiger partial charge in [0.05, 0.1) is 6.04 Å². The van der Waals surface area contributed by atoms with E-state index in [1.807, 2.05) is 6.92 Å². The SMILES string of the molecule is CC[C@H](C(=O)NN)N1CCCC1. The summed E-state index contributed by atoms with van der Waals surface area (Å²) in [6.07, 6.45) is 3.24. The van der Waals surface area contributed by atoms with Crippen molar-refractivity contribution in [2.45, 2.75) is 32.2 Å². The van der Waals surface area contributed by atoms with Gasteiger partial charge in [-0.25, -0.2) is 5.84 Å². The van der Waals surface area contributed by atoms with Gasteiger partial charge in [0.2, 0.25) is 0 Å². The highest BCUT2D eigenvalue weighted by molar-refractivity contribution is 5.81. The first kappa shape index (κ1) is 9.48. The number of carbonyl (C=O) groups is 1. The van der Waals surface area contributed by atoms with Crippen LogP contribution in [0, 0.1) is 0 Å². The zero-order valence-corrected chi connectivity index (χ0v) is 7.55. The van der Waals surface area contributed by atoms with Crippen LogP contribution >= 0.6 is 0 Å². The smallest absolute Gasteiger partial charge is 0.251 e. The van der Waals surface area contributed by atoms with E-state index in [2.05, 4.69) is 10.3 Å². The molecule has 0 radical (unpaired) electrons.